The highest BCUT2D eigenvalue weighted by atomic mass is 16.5. The van der Waals surface area contributed by atoms with Gasteiger partial charge in [0.25, 0.3) is 5.56 Å². The number of rotatable bonds is 5. The summed E-state index contributed by atoms with van der Waals surface area (Å²) in [5.74, 6) is -0.680. The Hall–Kier alpha value is -3.90. The molecule has 1 aliphatic heterocycles. The van der Waals surface area contributed by atoms with Crippen LogP contribution in [0.15, 0.2) is 41.3 Å². The predicted octanol–water partition coefficient (Wildman–Crippen LogP) is 2.58. The Kier molecular flexibility index (Phi) is 5.79. The summed E-state index contributed by atoms with van der Waals surface area (Å²) in [6.45, 7) is 5.81. The number of hydrogen-bond donors (Lipinski definition) is 2. The van der Waals surface area contributed by atoms with Gasteiger partial charge in [0.05, 0.1) is 24.8 Å². The van der Waals surface area contributed by atoms with Gasteiger partial charge in [-0.2, -0.15) is 5.26 Å². The zero-order chi connectivity index (χ0) is 22.8. The summed E-state index contributed by atoms with van der Waals surface area (Å²) in [6, 6.07) is 10.2. The summed E-state index contributed by atoms with van der Waals surface area (Å²) < 4.78 is 6.79. The molecule has 9 nitrogen and oxygen atoms in total. The molecule has 9 heteroatoms. The van der Waals surface area contributed by atoms with E-state index in [0.717, 1.165) is 11.1 Å². The third-order valence-corrected chi connectivity index (χ3v) is 5.49. The molecule has 0 radical (unpaired) electrons. The van der Waals surface area contributed by atoms with Crippen molar-refractivity contribution in [2.45, 2.75) is 19.9 Å². The maximum Gasteiger partial charge on any atom is 0.337 e. The quantitative estimate of drug-likeness (QED) is 0.630. The molecule has 0 amide bonds. The number of benzene rings is 1. The molecule has 0 unspecified atom stereocenters. The average Bonchev–Trinajstić information content (AvgIpc) is 2.79. The molecule has 0 saturated carbocycles. The van der Waals surface area contributed by atoms with Gasteiger partial charge in [0.15, 0.2) is 11.4 Å². The Balaban J connectivity index is 1.86. The van der Waals surface area contributed by atoms with Crippen LogP contribution in [0.2, 0.25) is 0 Å². The molecule has 0 bridgehead atoms. The number of nitriles is 1. The number of aromatic carboxylic acids is 1. The number of hydrogen-bond acceptors (Lipinski definition) is 7. The first-order chi connectivity index (χ1) is 15.4. The summed E-state index contributed by atoms with van der Waals surface area (Å²) in [5, 5.41) is 22.4. The van der Waals surface area contributed by atoms with Crippen LogP contribution < -0.4 is 15.8 Å². The standard InChI is InChI=1S/C23H23N5O4/c1-14-11-17(15(2)25-19-6-4-3-5-16(19)23(30)31)21-26-20(27-7-9-32-10-8-27)18(12-24)22(29)28(21)13-14/h3-6,11,13,15,25H,7-10H2,1-2H3,(H,30,31)/t15-/m1/s1. The monoisotopic (exact) mass is 433 g/mol. The fraction of sp³-hybridized carbons (Fsp3) is 0.304. The van der Waals surface area contributed by atoms with Crippen molar-refractivity contribution >= 4 is 23.1 Å². The Labute approximate surface area is 184 Å². The summed E-state index contributed by atoms with van der Waals surface area (Å²) in [6.07, 6.45) is 1.66. The van der Waals surface area contributed by atoms with Crippen molar-refractivity contribution in [2.24, 2.45) is 0 Å². The fourth-order valence-electron chi connectivity index (χ4n) is 3.92. The number of morpholine rings is 1. The number of anilines is 2. The third kappa shape index (κ3) is 3.88. The van der Waals surface area contributed by atoms with Gasteiger partial charge in [-0.25, -0.2) is 9.78 Å². The Bertz CT molecular complexity index is 1290. The first-order valence-electron chi connectivity index (χ1n) is 10.3. The Morgan fingerprint density at radius 1 is 1.31 bits per heavy atom. The minimum Gasteiger partial charge on any atom is -0.478 e. The van der Waals surface area contributed by atoms with Crippen LogP contribution >= 0.6 is 0 Å². The van der Waals surface area contributed by atoms with Crippen LogP contribution in [0, 0.1) is 18.3 Å². The molecular formula is C23H23N5O4. The van der Waals surface area contributed by atoms with Crippen molar-refractivity contribution in [3.63, 3.8) is 0 Å². The second kappa shape index (κ2) is 8.69. The lowest BCUT2D eigenvalue weighted by Crippen LogP contribution is -2.39. The van der Waals surface area contributed by atoms with Crippen LogP contribution in [0.25, 0.3) is 5.65 Å². The Morgan fingerprint density at radius 3 is 2.72 bits per heavy atom. The third-order valence-electron chi connectivity index (χ3n) is 5.49. The molecule has 32 heavy (non-hydrogen) atoms. The number of ether oxygens (including phenoxy) is 1. The van der Waals surface area contributed by atoms with E-state index in [0.29, 0.717) is 43.5 Å². The van der Waals surface area contributed by atoms with Gasteiger partial charge in [0.1, 0.15) is 11.7 Å². The lowest BCUT2D eigenvalue weighted by atomic mass is 10.1. The molecule has 2 aromatic heterocycles. The van der Waals surface area contributed by atoms with E-state index in [4.69, 9.17) is 9.72 Å². The second-order valence-electron chi connectivity index (χ2n) is 7.71. The highest BCUT2D eigenvalue weighted by Gasteiger charge is 2.23. The topological polar surface area (TPSA) is 120 Å². The first-order valence-corrected chi connectivity index (χ1v) is 10.3. The second-order valence-corrected chi connectivity index (χ2v) is 7.71. The number of nitrogens with one attached hydrogen (secondary N) is 1. The van der Waals surface area contributed by atoms with Crippen molar-refractivity contribution in [3.8, 4) is 6.07 Å². The molecule has 4 rings (SSSR count). The van der Waals surface area contributed by atoms with Crippen LogP contribution in [0.1, 0.15) is 40.0 Å². The number of para-hydroxylation sites is 1. The number of aromatic nitrogens is 2. The van der Waals surface area contributed by atoms with E-state index in [1.807, 2.05) is 30.9 Å². The minimum absolute atomic E-state index is 0.00205. The van der Waals surface area contributed by atoms with Gasteiger partial charge < -0.3 is 20.1 Å². The zero-order valence-corrected chi connectivity index (χ0v) is 17.8. The molecule has 3 heterocycles. The summed E-state index contributed by atoms with van der Waals surface area (Å²) in [4.78, 5) is 31.4. The van der Waals surface area contributed by atoms with Gasteiger partial charge in [-0.1, -0.05) is 12.1 Å². The van der Waals surface area contributed by atoms with Crippen molar-refractivity contribution in [2.75, 3.05) is 36.5 Å². The highest BCUT2D eigenvalue weighted by molar-refractivity contribution is 5.94. The fourth-order valence-corrected chi connectivity index (χ4v) is 3.92. The lowest BCUT2D eigenvalue weighted by Gasteiger charge is -2.29. The van der Waals surface area contributed by atoms with Crippen LogP contribution in [-0.4, -0.2) is 46.8 Å². The molecule has 2 N–H and O–H groups in total. The summed E-state index contributed by atoms with van der Waals surface area (Å²) >= 11 is 0. The number of carboxylic acids is 1. The molecule has 1 atom stereocenters. The highest BCUT2D eigenvalue weighted by Crippen LogP contribution is 2.27. The SMILES string of the molecule is Cc1cc([C@@H](C)Nc2ccccc2C(=O)O)c2nc(N3CCOCC3)c(C#N)c(=O)n2c1. The van der Waals surface area contributed by atoms with Crippen LogP contribution in [0.4, 0.5) is 11.5 Å². The van der Waals surface area contributed by atoms with Gasteiger partial charge in [-0.15, -0.1) is 0 Å². The smallest absolute Gasteiger partial charge is 0.337 e. The molecule has 1 fully saturated rings. The molecule has 0 aliphatic carbocycles. The van der Waals surface area contributed by atoms with Crippen LogP contribution in [0.3, 0.4) is 0 Å². The van der Waals surface area contributed by atoms with E-state index in [1.165, 1.54) is 10.5 Å². The molecule has 1 aromatic carbocycles. The van der Waals surface area contributed by atoms with E-state index >= 15 is 0 Å². The first kappa shape index (κ1) is 21.3. The Morgan fingerprint density at radius 2 is 2.03 bits per heavy atom. The number of fused-ring (bicyclic) bond motifs is 1. The van der Waals surface area contributed by atoms with Crippen molar-refractivity contribution in [3.05, 3.63) is 69.1 Å². The van der Waals surface area contributed by atoms with E-state index in [1.54, 1.807) is 24.4 Å². The van der Waals surface area contributed by atoms with Gasteiger partial charge in [0.2, 0.25) is 0 Å². The molecule has 3 aromatic rings. The predicted molar refractivity (Wildman–Crippen MR) is 119 cm³/mol. The van der Waals surface area contributed by atoms with E-state index in [9.17, 15) is 20.0 Å². The van der Waals surface area contributed by atoms with Crippen molar-refractivity contribution in [1.82, 2.24) is 9.38 Å². The molecule has 0 spiro atoms. The summed E-state index contributed by atoms with van der Waals surface area (Å²) in [7, 11) is 0. The van der Waals surface area contributed by atoms with Gasteiger partial charge in [-0.3, -0.25) is 9.20 Å². The zero-order valence-electron chi connectivity index (χ0n) is 17.8. The largest absolute Gasteiger partial charge is 0.478 e. The van der Waals surface area contributed by atoms with E-state index in [-0.39, 0.29) is 17.2 Å². The maximum absolute atomic E-state index is 13.2. The average molecular weight is 433 g/mol. The number of carboxylic acid groups (broad SMARTS) is 1. The van der Waals surface area contributed by atoms with Crippen LogP contribution in [0.5, 0.6) is 0 Å². The summed E-state index contributed by atoms with van der Waals surface area (Å²) in [5.41, 5.74) is 2.16. The molecule has 1 saturated heterocycles. The van der Waals surface area contributed by atoms with E-state index < -0.39 is 11.5 Å². The van der Waals surface area contributed by atoms with Crippen molar-refractivity contribution < 1.29 is 14.6 Å². The number of carbonyl (C=O) groups is 1. The van der Waals surface area contributed by atoms with Crippen molar-refractivity contribution in [1.29, 1.82) is 5.26 Å². The number of pyridine rings is 1. The molecular weight excluding hydrogens is 410 g/mol. The van der Waals surface area contributed by atoms with Gasteiger partial charge >= 0.3 is 5.97 Å². The van der Waals surface area contributed by atoms with Crippen LogP contribution in [-0.2, 0) is 4.74 Å². The molecule has 1 aliphatic rings. The maximum atomic E-state index is 13.2. The minimum atomic E-state index is -1.03. The van der Waals surface area contributed by atoms with Gasteiger partial charge in [0, 0.05) is 30.5 Å². The number of nitrogens with zero attached hydrogens (tertiary/aromatic N) is 4. The van der Waals surface area contributed by atoms with E-state index in [2.05, 4.69) is 5.32 Å². The molecule has 164 valence electrons. The normalized spacial score (nSPS) is 14.7. The van der Waals surface area contributed by atoms with Gasteiger partial charge in [-0.05, 0) is 37.6 Å². The lowest BCUT2D eigenvalue weighted by molar-refractivity contribution is 0.0698. The number of aryl methyl sites for hydroxylation is 1.